The minimum atomic E-state index is -4.08. The van der Waals surface area contributed by atoms with Gasteiger partial charge >= 0.3 is 10.2 Å². The number of nitrogens with two attached hydrogens (primary N) is 1. The van der Waals surface area contributed by atoms with Crippen LogP contribution in [0.25, 0.3) is 0 Å². The summed E-state index contributed by atoms with van der Waals surface area (Å²) in [5.41, 5.74) is 2.26. The molecule has 41 heavy (non-hydrogen) atoms. The van der Waals surface area contributed by atoms with E-state index in [4.69, 9.17) is 21.8 Å². The van der Waals surface area contributed by atoms with Crippen molar-refractivity contribution in [3.63, 3.8) is 0 Å². The molecule has 1 aliphatic heterocycles. The largest absolute Gasteiger partial charge is 0.316 e. The van der Waals surface area contributed by atoms with Gasteiger partial charge in [-0.1, -0.05) is 54.1 Å². The number of benzene rings is 3. The molecule has 0 amide bonds. The third-order valence-electron chi connectivity index (χ3n) is 6.72. The minimum absolute atomic E-state index is 0.00447. The normalized spacial score (nSPS) is 21.5. The van der Waals surface area contributed by atoms with Crippen LogP contribution in [0.1, 0.15) is 29.9 Å². The highest BCUT2D eigenvalue weighted by molar-refractivity contribution is 7.90. The Labute approximate surface area is 242 Å². The summed E-state index contributed by atoms with van der Waals surface area (Å²) in [6, 6.07) is 20.9. The topological polar surface area (TPSA) is 147 Å². The molecule has 1 saturated carbocycles. The SMILES string of the molecule is NS(=O)(=O)/N=C/C1CC(N=C(NS(=O)(=O)c2ccc(Cl)cc2)N2C[C@@H](c3ccccc3)C(c3ccc(F)cc3)=N2)C1. The van der Waals surface area contributed by atoms with E-state index in [1.54, 1.807) is 12.1 Å². The highest BCUT2D eigenvalue weighted by atomic mass is 35.5. The molecule has 10 nitrogen and oxygen atoms in total. The van der Waals surface area contributed by atoms with Crippen LogP contribution in [0, 0.1) is 11.7 Å². The summed E-state index contributed by atoms with van der Waals surface area (Å²) in [5.74, 6) is -0.818. The number of guanidine groups is 1. The summed E-state index contributed by atoms with van der Waals surface area (Å²) in [6.45, 7) is 0.266. The van der Waals surface area contributed by atoms with Crippen molar-refractivity contribution in [2.24, 2.45) is 25.5 Å². The molecule has 5 rings (SSSR count). The van der Waals surface area contributed by atoms with Gasteiger partial charge in [0, 0.05) is 17.2 Å². The Hall–Kier alpha value is -3.65. The standard InChI is InChI=1S/C27H26ClFN6O4S2/c28-21-8-12-24(13-9-21)40(36,37)34-27(32-23-14-18(15-23)16-31-41(30,38)39)35-17-25(19-4-2-1-3-5-19)26(33-35)20-6-10-22(29)11-7-20/h1-13,16,18,23,25H,14-15,17H2,(H,32,34)(H2,30,38,39)/b31-16+/t18?,23?,25-/m0/s1. The van der Waals surface area contributed by atoms with Gasteiger partial charge in [-0.3, -0.25) is 0 Å². The second-order valence-electron chi connectivity index (χ2n) is 9.70. The number of nitrogens with one attached hydrogen (secondary N) is 1. The smallest absolute Gasteiger partial charge is 0.248 e. The molecule has 1 aliphatic carbocycles. The Bertz CT molecular complexity index is 1710. The number of sulfonamides is 1. The zero-order valence-electron chi connectivity index (χ0n) is 21.5. The van der Waals surface area contributed by atoms with Gasteiger partial charge in [-0.25, -0.2) is 32.7 Å². The fraction of sp³-hybridized carbons (Fsp3) is 0.222. The summed E-state index contributed by atoms with van der Waals surface area (Å²) in [7, 11) is -8.07. The summed E-state index contributed by atoms with van der Waals surface area (Å²) in [5, 5.41) is 11.6. The quantitative estimate of drug-likeness (QED) is 0.307. The van der Waals surface area contributed by atoms with Crippen molar-refractivity contribution in [1.29, 1.82) is 0 Å². The summed E-state index contributed by atoms with van der Waals surface area (Å²) >= 11 is 5.95. The molecule has 0 radical (unpaired) electrons. The van der Waals surface area contributed by atoms with Crippen LogP contribution in [0.3, 0.4) is 0 Å². The molecule has 214 valence electrons. The molecular weight excluding hydrogens is 591 g/mol. The predicted octanol–water partition coefficient (Wildman–Crippen LogP) is 3.67. The van der Waals surface area contributed by atoms with Gasteiger partial charge in [0.2, 0.25) is 5.96 Å². The maximum atomic E-state index is 13.7. The lowest BCUT2D eigenvalue weighted by molar-refractivity contribution is 0.344. The summed E-state index contributed by atoms with van der Waals surface area (Å²) < 4.78 is 68.7. The first-order chi connectivity index (χ1) is 19.5. The Morgan fingerprint density at radius 2 is 1.66 bits per heavy atom. The second-order valence-corrected chi connectivity index (χ2v) is 13.1. The van der Waals surface area contributed by atoms with Crippen molar-refractivity contribution >= 4 is 49.7 Å². The zero-order chi connectivity index (χ0) is 29.2. The Kier molecular flexibility index (Phi) is 8.23. The fourth-order valence-corrected chi connectivity index (χ4v) is 6.08. The van der Waals surface area contributed by atoms with E-state index in [1.807, 2.05) is 30.3 Å². The summed E-state index contributed by atoms with van der Waals surface area (Å²) in [4.78, 5) is 4.66. The van der Waals surface area contributed by atoms with Crippen molar-refractivity contribution in [2.75, 3.05) is 6.54 Å². The molecule has 3 aromatic carbocycles. The van der Waals surface area contributed by atoms with E-state index in [0.717, 1.165) is 5.56 Å². The van der Waals surface area contributed by atoms with Gasteiger partial charge in [-0.15, -0.1) is 0 Å². The van der Waals surface area contributed by atoms with Gasteiger partial charge < -0.3 is 0 Å². The van der Waals surface area contributed by atoms with Gasteiger partial charge in [0.1, 0.15) is 5.82 Å². The number of halogens is 2. The molecule has 0 saturated heterocycles. The molecule has 3 aromatic rings. The Balaban J connectivity index is 1.49. The highest BCUT2D eigenvalue weighted by Gasteiger charge is 2.35. The molecule has 1 heterocycles. The number of hydrogen-bond donors (Lipinski definition) is 2. The van der Waals surface area contributed by atoms with Crippen LogP contribution in [-0.4, -0.2) is 52.3 Å². The lowest BCUT2D eigenvalue weighted by Crippen LogP contribution is -2.43. The number of hydrogen-bond acceptors (Lipinski definition) is 6. The summed E-state index contributed by atoms with van der Waals surface area (Å²) in [6.07, 6.45) is 2.15. The van der Waals surface area contributed by atoms with Crippen LogP contribution < -0.4 is 9.86 Å². The van der Waals surface area contributed by atoms with Crippen molar-refractivity contribution in [3.05, 3.63) is 101 Å². The van der Waals surface area contributed by atoms with E-state index in [1.165, 1.54) is 47.6 Å². The van der Waals surface area contributed by atoms with Crippen molar-refractivity contribution in [2.45, 2.75) is 29.7 Å². The number of hydrazone groups is 1. The molecule has 0 spiro atoms. The molecule has 3 N–H and O–H groups in total. The molecule has 0 unspecified atom stereocenters. The van der Waals surface area contributed by atoms with Crippen molar-refractivity contribution in [1.82, 2.24) is 9.73 Å². The number of nitrogens with zero attached hydrogens (tertiary/aromatic N) is 4. The zero-order valence-corrected chi connectivity index (χ0v) is 23.9. The molecule has 2 aliphatic rings. The van der Waals surface area contributed by atoms with E-state index in [2.05, 4.69) is 14.1 Å². The van der Waals surface area contributed by atoms with E-state index in [9.17, 15) is 21.2 Å². The lowest BCUT2D eigenvalue weighted by Gasteiger charge is -2.31. The van der Waals surface area contributed by atoms with Crippen LogP contribution in [-0.2, 0) is 20.2 Å². The maximum Gasteiger partial charge on any atom is 0.316 e. The maximum absolute atomic E-state index is 13.7. The molecule has 14 heteroatoms. The van der Waals surface area contributed by atoms with E-state index < -0.39 is 20.2 Å². The average Bonchev–Trinajstić information content (AvgIpc) is 3.35. The third kappa shape index (κ3) is 7.17. The first-order valence-corrected chi connectivity index (χ1v) is 15.9. The number of aliphatic imine (C=N–C) groups is 1. The van der Waals surface area contributed by atoms with Crippen LogP contribution in [0.2, 0.25) is 5.02 Å². The van der Waals surface area contributed by atoms with Crippen molar-refractivity contribution < 1.29 is 21.2 Å². The van der Waals surface area contributed by atoms with Gasteiger partial charge in [-0.05, 0) is 66.3 Å². The predicted molar refractivity (Wildman–Crippen MR) is 156 cm³/mol. The fourth-order valence-electron chi connectivity index (χ4n) is 4.60. The highest BCUT2D eigenvalue weighted by Crippen LogP contribution is 2.32. The molecule has 1 fully saturated rings. The lowest BCUT2D eigenvalue weighted by atomic mass is 9.82. The number of rotatable bonds is 7. The minimum Gasteiger partial charge on any atom is -0.248 e. The first-order valence-electron chi connectivity index (χ1n) is 12.6. The monoisotopic (exact) mass is 616 g/mol. The third-order valence-corrected chi connectivity index (χ3v) is 8.73. The molecular formula is C27H26ClFN6O4S2. The Morgan fingerprint density at radius 1 is 1.00 bits per heavy atom. The van der Waals surface area contributed by atoms with E-state index in [0.29, 0.717) is 29.1 Å². The Morgan fingerprint density at radius 3 is 2.29 bits per heavy atom. The molecule has 1 atom stereocenters. The van der Waals surface area contributed by atoms with Gasteiger partial charge in [0.25, 0.3) is 10.0 Å². The molecule has 0 aromatic heterocycles. The van der Waals surface area contributed by atoms with Gasteiger partial charge in [-0.2, -0.15) is 17.9 Å². The first kappa shape index (κ1) is 28.9. The van der Waals surface area contributed by atoms with Gasteiger partial charge in [0.05, 0.1) is 23.2 Å². The van der Waals surface area contributed by atoms with E-state index in [-0.39, 0.29) is 41.1 Å². The van der Waals surface area contributed by atoms with Crippen LogP contribution >= 0.6 is 11.6 Å². The van der Waals surface area contributed by atoms with E-state index >= 15 is 0 Å². The van der Waals surface area contributed by atoms with Crippen LogP contribution in [0.15, 0.2) is 98.2 Å². The second kappa shape index (κ2) is 11.7. The van der Waals surface area contributed by atoms with Crippen LogP contribution in [0.5, 0.6) is 0 Å². The van der Waals surface area contributed by atoms with Crippen molar-refractivity contribution in [3.8, 4) is 0 Å². The van der Waals surface area contributed by atoms with Crippen LogP contribution in [0.4, 0.5) is 4.39 Å². The average molecular weight is 617 g/mol. The molecule has 0 bridgehead atoms. The van der Waals surface area contributed by atoms with Gasteiger partial charge in [0.15, 0.2) is 0 Å².